The van der Waals surface area contributed by atoms with Crippen molar-refractivity contribution < 1.29 is 4.74 Å². The third-order valence-corrected chi connectivity index (χ3v) is 17.4. The van der Waals surface area contributed by atoms with Gasteiger partial charge < -0.3 is 9.64 Å². The maximum atomic E-state index is 6.93. The Morgan fingerprint density at radius 1 is 0.459 bits per heavy atom. The largest absolute Gasteiger partial charge is 0.457 e. The second kappa shape index (κ2) is 12.5. The zero-order chi connectivity index (χ0) is 40.9. The van der Waals surface area contributed by atoms with Crippen LogP contribution in [-0.2, 0) is 16.2 Å². The van der Waals surface area contributed by atoms with Gasteiger partial charge in [-0.3, -0.25) is 0 Å². The van der Waals surface area contributed by atoms with Crippen LogP contribution in [0.15, 0.2) is 152 Å². The molecule has 7 aromatic carbocycles. The normalized spacial score (nSPS) is 27.7. The summed E-state index contributed by atoms with van der Waals surface area (Å²) < 4.78 is 6.93. The Bertz CT molecular complexity index is 2890. The summed E-state index contributed by atoms with van der Waals surface area (Å²) in [7, 11) is 0. The molecular weight excluding hydrogens is 739 g/mol. The van der Waals surface area contributed by atoms with E-state index in [0.717, 1.165) is 23.3 Å². The number of para-hydroxylation sites is 1. The van der Waals surface area contributed by atoms with Crippen molar-refractivity contribution in [3.8, 4) is 33.8 Å². The number of fused-ring (bicyclic) bond motifs is 10. The van der Waals surface area contributed by atoms with E-state index in [1.54, 1.807) is 0 Å². The Kier molecular flexibility index (Phi) is 7.40. The standard InChI is InChI=1S/C59H55NO/c1-56(2)28-29-57(3,4)50-33-42(22-26-48(50)56)60(41-20-18-40(19-21-41)45-25-24-44(39-12-6-5-7-13-39)46-14-8-9-15-47(45)46)43-23-27-53-51(34-43)59(49-16-10-11-17-52(49)61-53)54-31-37-30-38-32-55(59)58(54,35-37)36-38/h5-27,33-34,37-38,54-55H,28-32,35-36H2,1-4H3. The zero-order valence-corrected chi connectivity index (χ0v) is 36.0. The average Bonchev–Trinajstić information content (AvgIpc) is 3.68. The van der Waals surface area contributed by atoms with E-state index in [1.165, 1.54) is 117 Å². The number of hydrogen-bond acceptors (Lipinski definition) is 2. The third kappa shape index (κ3) is 4.91. The molecular formula is C59H55NO. The highest BCUT2D eigenvalue weighted by Gasteiger charge is 2.79. The monoisotopic (exact) mass is 793 g/mol. The van der Waals surface area contributed by atoms with E-state index < -0.39 is 0 Å². The molecule has 0 aromatic heterocycles. The van der Waals surface area contributed by atoms with Crippen molar-refractivity contribution in [1.29, 1.82) is 0 Å². The Morgan fingerprint density at radius 2 is 1.00 bits per heavy atom. The van der Waals surface area contributed by atoms with Gasteiger partial charge in [0.1, 0.15) is 11.5 Å². The first kappa shape index (κ1) is 36.1. The topological polar surface area (TPSA) is 12.5 Å². The van der Waals surface area contributed by atoms with E-state index in [1.807, 2.05) is 0 Å². The molecule has 2 nitrogen and oxygen atoms in total. The van der Waals surface area contributed by atoms with Gasteiger partial charge in [0.25, 0.3) is 0 Å². The molecule has 3 bridgehead atoms. The maximum absolute atomic E-state index is 6.93. The molecule has 13 rings (SSSR count). The van der Waals surface area contributed by atoms with Gasteiger partial charge in [-0.1, -0.05) is 131 Å². The van der Waals surface area contributed by atoms with Crippen LogP contribution in [0.4, 0.5) is 17.1 Å². The molecule has 0 N–H and O–H groups in total. The molecule has 7 aromatic rings. The number of nitrogens with zero attached hydrogens (tertiary/aromatic N) is 1. The highest BCUT2D eigenvalue weighted by atomic mass is 16.5. The van der Waals surface area contributed by atoms with Gasteiger partial charge in [0, 0.05) is 33.6 Å². The molecule has 302 valence electrons. The van der Waals surface area contributed by atoms with Crippen molar-refractivity contribution in [2.24, 2.45) is 29.1 Å². The van der Waals surface area contributed by atoms with E-state index in [4.69, 9.17) is 4.74 Å². The first-order chi connectivity index (χ1) is 29.6. The average molecular weight is 794 g/mol. The van der Waals surface area contributed by atoms with Gasteiger partial charge in [-0.05, 0) is 178 Å². The fourth-order valence-corrected chi connectivity index (χ4v) is 14.9. The van der Waals surface area contributed by atoms with Crippen molar-refractivity contribution in [2.45, 2.75) is 88.9 Å². The van der Waals surface area contributed by atoms with Crippen LogP contribution < -0.4 is 9.64 Å². The molecule has 4 fully saturated rings. The molecule has 2 spiro atoms. The number of rotatable bonds is 5. The molecule has 1 aliphatic heterocycles. The van der Waals surface area contributed by atoms with Crippen molar-refractivity contribution in [2.75, 3.05) is 4.90 Å². The van der Waals surface area contributed by atoms with Crippen LogP contribution >= 0.6 is 0 Å². The summed E-state index contributed by atoms with van der Waals surface area (Å²) in [5.41, 5.74) is 15.3. The van der Waals surface area contributed by atoms with Crippen LogP contribution in [0.1, 0.15) is 94.9 Å². The molecule has 4 saturated carbocycles. The van der Waals surface area contributed by atoms with Crippen molar-refractivity contribution in [3.05, 3.63) is 174 Å². The summed E-state index contributed by atoms with van der Waals surface area (Å²) in [5, 5.41) is 2.56. The fourth-order valence-electron chi connectivity index (χ4n) is 14.9. The van der Waals surface area contributed by atoms with E-state index in [-0.39, 0.29) is 16.2 Å². The van der Waals surface area contributed by atoms with Gasteiger partial charge in [-0.2, -0.15) is 0 Å². The van der Waals surface area contributed by atoms with Gasteiger partial charge in [0.2, 0.25) is 0 Å². The zero-order valence-electron chi connectivity index (χ0n) is 36.0. The Balaban J connectivity index is 0.977. The first-order valence-corrected chi connectivity index (χ1v) is 23.2. The highest BCUT2D eigenvalue weighted by Crippen LogP contribution is 2.85. The number of ether oxygens (including phenoxy) is 1. The number of benzene rings is 7. The van der Waals surface area contributed by atoms with E-state index in [9.17, 15) is 0 Å². The van der Waals surface area contributed by atoms with Gasteiger partial charge in [0.15, 0.2) is 0 Å². The van der Waals surface area contributed by atoms with Crippen LogP contribution in [0, 0.1) is 29.1 Å². The summed E-state index contributed by atoms with van der Waals surface area (Å²) in [6.07, 6.45) is 9.48. The maximum Gasteiger partial charge on any atom is 0.131 e. The minimum absolute atomic E-state index is 0.00840. The van der Waals surface area contributed by atoms with Gasteiger partial charge >= 0.3 is 0 Å². The molecule has 4 atom stereocenters. The summed E-state index contributed by atoms with van der Waals surface area (Å²) in [4.78, 5) is 2.56. The van der Waals surface area contributed by atoms with Crippen LogP contribution in [0.2, 0.25) is 0 Å². The molecule has 6 aliphatic rings. The summed E-state index contributed by atoms with van der Waals surface area (Å²) >= 11 is 0. The Labute approximate surface area is 361 Å². The van der Waals surface area contributed by atoms with E-state index >= 15 is 0 Å². The summed E-state index contributed by atoms with van der Waals surface area (Å²) in [5.74, 6) is 5.30. The van der Waals surface area contributed by atoms with Crippen molar-refractivity contribution in [3.63, 3.8) is 0 Å². The molecule has 4 unspecified atom stereocenters. The van der Waals surface area contributed by atoms with Crippen LogP contribution in [-0.4, -0.2) is 0 Å². The molecule has 61 heavy (non-hydrogen) atoms. The lowest BCUT2D eigenvalue weighted by molar-refractivity contribution is -0.0882. The van der Waals surface area contributed by atoms with Gasteiger partial charge in [-0.25, -0.2) is 0 Å². The lowest BCUT2D eigenvalue weighted by Crippen LogP contribution is -2.64. The Morgan fingerprint density at radius 3 is 1.69 bits per heavy atom. The fraction of sp³-hybridized carbons (Fsp3) is 0.322. The molecule has 2 heteroatoms. The van der Waals surface area contributed by atoms with Crippen molar-refractivity contribution >= 4 is 27.8 Å². The summed E-state index contributed by atoms with van der Waals surface area (Å²) in [6.45, 7) is 9.77. The molecule has 0 radical (unpaired) electrons. The van der Waals surface area contributed by atoms with Crippen molar-refractivity contribution in [1.82, 2.24) is 0 Å². The van der Waals surface area contributed by atoms with Gasteiger partial charge in [0.05, 0.1) is 0 Å². The molecule has 5 aliphatic carbocycles. The second-order valence-electron chi connectivity index (χ2n) is 21.3. The third-order valence-electron chi connectivity index (χ3n) is 17.4. The predicted octanol–water partition coefficient (Wildman–Crippen LogP) is 15.8. The minimum Gasteiger partial charge on any atom is -0.457 e. The van der Waals surface area contributed by atoms with Gasteiger partial charge in [-0.15, -0.1) is 0 Å². The highest BCUT2D eigenvalue weighted by molar-refractivity contribution is 6.05. The SMILES string of the molecule is CC1(C)CCC(C)(C)c2cc(N(c3ccc(-c4ccc(-c5ccccc5)c5ccccc45)cc3)c3ccc4c(c3)C3(c5ccccc5O4)C4CC5CC6CC3C4(C5)C6)ccc21. The molecule has 0 amide bonds. The Hall–Kier alpha value is -5.60. The first-order valence-electron chi connectivity index (χ1n) is 23.2. The lowest BCUT2D eigenvalue weighted by Gasteiger charge is -2.66. The number of anilines is 3. The smallest absolute Gasteiger partial charge is 0.131 e. The minimum atomic E-state index is 0.00840. The summed E-state index contributed by atoms with van der Waals surface area (Å²) in [6, 6.07) is 57.5. The predicted molar refractivity (Wildman–Crippen MR) is 252 cm³/mol. The van der Waals surface area contributed by atoms with Crippen LogP contribution in [0.5, 0.6) is 11.5 Å². The quantitative estimate of drug-likeness (QED) is 0.172. The van der Waals surface area contributed by atoms with E-state index in [2.05, 4.69) is 184 Å². The lowest BCUT2D eigenvalue weighted by atomic mass is 9.37. The number of hydrogen-bond donors (Lipinski definition) is 0. The van der Waals surface area contributed by atoms with E-state index in [0.29, 0.717) is 17.3 Å². The molecule has 1 heterocycles. The van der Waals surface area contributed by atoms with Crippen LogP contribution in [0.3, 0.4) is 0 Å². The molecule has 0 saturated heterocycles. The second-order valence-corrected chi connectivity index (χ2v) is 21.3. The van der Waals surface area contributed by atoms with Crippen LogP contribution in [0.25, 0.3) is 33.0 Å².